The van der Waals surface area contributed by atoms with Gasteiger partial charge in [-0.05, 0) is 34.9 Å². The molecule has 0 saturated carbocycles. The van der Waals surface area contributed by atoms with Gasteiger partial charge in [-0.25, -0.2) is 0 Å². The molecule has 0 bridgehead atoms. The quantitative estimate of drug-likeness (QED) is 0.801. The van der Waals surface area contributed by atoms with Gasteiger partial charge in [0.1, 0.15) is 12.4 Å². The number of hydrogen-bond donors (Lipinski definition) is 1. The molecule has 1 rings (SSSR count). The van der Waals surface area contributed by atoms with E-state index in [1.54, 1.807) is 0 Å². The minimum absolute atomic E-state index is 0.0535. The molecule has 1 aromatic rings. The van der Waals surface area contributed by atoms with Crippen LogP contribution in [0.5, 0.6) is 5.75 Å². The molecular weight excluding hydrogens is 236 g/mol. The number of aliphatic hydroxyl groups excluding tert-OH is 1. The molecule has 0 amide bonds. The lowest BCUT2D eigenvalue weighted by molar-refractivity contribution is 0.201. The molecule has 2 nitrogen and oxygen atoms in total. The summed E-state index contributed by atoms with van der Waals surface area (Å²) >= 11 is 0. The van der Waals surface area contributed by atoms with Gasteiger partial charge in [-0.3, -0.25) is 0 Å². The number of hydrogen-bond acceptors (Lipinski definition) is 2. The fraction of sp³-hybridized carbons (Fsp3) is 0.647. The summed E-state index contributed by atoms with van der Waals surface area (Å²) in [6.07, 6.45) is 2.35. The monoisotopic (exact) mass is 264 g/mol. The fourth-order valence-electron chi connectivity index (χ4n) is 2.59. The maximum absolute atomic E-state index is 8.74. The SMILES string of the molecule is CCC(C)(C)CC(C)(C)c1ccc(OCCO)cc1. The number of ether oxygens (including phenoxy) is 1. The minimum atomic E-state index is 0.0535. The molecule has 0 aromatic heterocycles. The van der Waals surface area contributed by atoms with Crippen molar-refractivity contribution >= 4 is 0 Å². The van der Waals surface area contributed by atoms with Crippen molar-refractivity contribution in [3.8, 4) is 5.75 Å². The standard InChI is InChI=1S/C17H28O2/c1-6-16(2,3)13-17(4,5)14-7-9-15(10-8-14)19-12-11-18/h7-10,18H,6,11-13H2,1-5H3. The lowest BCUT2D eigenvalue weighted by atomic mass is 9.70. The summed E-state index contributed by atoms with van der Waals surface area (Å²) in [7, 11) is 0. The molecule has 0 aliphatic carbocycles. The second-order valence-electron chi connectivity index (χ2n) is 6.67. The average Bonchev–Trinajstić information content (AvgIpc) is 2.35. The van der Waals surface area contributed by atoms with Crippen molar-refractivity contribution in [1.29, 1.82) is 0 Å². The summed E-state index contributed by atoms with van der Waals surface area (Å²) in [6.45, 7) is 11.9. The van der Waals surface area contributed by atoms with Crippen LogP contribution >= 0.6 is 0 Å². The zero-order valence-electron chi connectivity index (χ0n) is 13.0. The van der Waals surface area contributed by atoms with Crippen LogP contribution in [0.15, 0.2) is 24.3 Å². The molecule has 19 heavy (non-hydrogen) atoms. The zero-order chi connectivity index (χ0) is 14.5. The summed E-state index contributed by atoms with van der Waals surface area (Å²) in [5.74, 6) is 0.823. The van der Waals surface area contributed by atoms with Crippen LogP contribution in [0.1, 0.15) is 53.0 Å². The number of aliphatic hydroxyl groups is 1. The maximum Gasteiger partial charge on any atom is 0.119 e. The average molecular weight is 264 g/mol. The molecule has 0 heterocycles. The van der Waals surface area contributed by atoms with Crippen molar-refractivity contribution in [2.75, 3.05) is 13.2 Å². The van der Waals surface area contributed by atoms with Gasteiger partial charge in [0.2, 0.25) is 0 Å². The summed E-state index contributed by atoms with van der Waals surface area (Å²) in [6, 6.07) is 8.26. The Morgan fingerprint density at radius 3 is 2.11 bits per heavy atom. The highest BCUT2D eigenvalue weighted by Gasteiger charge is 2.28. The Labute approximate surface area is 117 Å². The van der Waals surface area contributed by atoms with Crippen molar-refractivity contribution in [2.45, 2.75) is 52.9 Å². The van der Waals surface area contributed by atoms with E-state index in [0.29, 0.717) is 12.0 Å². The summed E-state index contributed by atoms with van der Waals surface area (Å²) in [5.41, 5.74) is 1.86. The van der Waals surface area contributed by atoms with Crippen molar-refractivity contribution in [2.24, 2.45) is 5.41 Å². The summed E-state index contributed by atoms with van der Waals surface area (Å²) < 4.78 is 5.39. The first-order valence-corrected chi connectivity index (χ1v) is 7.15. The summed E-state index contributed by atoms with van der Waals surface area (Å²) in [4.78, 5) is 0. The largest absolute Gasteiger partial charge is 0.491 e. The van der Waals surface area contributed by atoms with E-state index in [1.165, 1.54) is 12.0 Å². The van der Waals surface area contributed by atoms with Gasteiger partial charge in [0.15, 0.2) is 0 Å². The topological polar surface area (TPSA) is 29.5 Å². The molecule has 108 valence electrons. The van der Waals surface area contributed by atoms with Crippen LogP contribution in [-0.4, -0.2) is 18.3 Å². The van der Waals surface area contributed by atoms with Crippen LogP contribution in [-0.2, 0) is 5.41 Å². The van der Waals surface area contributed by atoms with Crippen LogP contribution in [0.4, 0.5) is 0 Å². The summed E-state index contributed by atoms with van der Waals surface area (Å²) in [5, 5.41) is 8.74. The third-order valence-electron chi connectivity index (χ3n) is 3.87. The highest BCUT2D eigenvalue weighted by molar-refractivity contribution is 5.31. The van der Waals surface area contributed by atoms with Crippen molar-refractivity contribution in [3.63, 3.8) is 0 Å². The van der Waals surface area contributed by atoms with Crippen molar-refractivity contribution < 1.29 is 9.84 Å². The van der Waals surface area contributed by atoms with E-state index >= 15 is 0 Å². The molecule has 0 spiro atoms. The molecular formula is C17H28O2. The van der Waals surface area contributed by atoms with E-state index in [-0.39, 0.29) is 12.0 Å². The van der Waals surface area contributed by atoms with Crippen molar-refractivity contribution in [1.82, 2.24) is 0 Å². The second-order valence-corrected chi connectivity index (χ2v) is 6.67. The molecule has 0 atom stereocenters. The van der Waals surface area contributed by atoms with Crippen LogP contribution in [0.25, 0.3) is 0 Å². The minimum Gasteiger partial charge on any atom is -0.491 e. The lowest BCUT2D eigenvalue weighted by Gasteiger charge is -2.35. The first-order valence-electron chi connectivity index (χ1n) is 7.15. The Morgan fingerprint density at radius 2 is 1.63 bits per heavy atom. The first-order chi connectivity index (χ1) is 8.80. The third-order valence-corrected chi connectivity index (χ3v) is 3.87. The van der Waals surface area contributed by atoms with Crippen LogP contribution in [0.2, 0.25) is 0 Å². The van der Waals surface area contributed by atoms with Gasteiger partial charge in [0, 0.05) is 0 Å². The van der Waals surface area contributed by atoms with Gasteiger partial charge in [0.25, 0.3) is 0 Å². The number of benzene rings is 1. The Morgan fingerprint density at radius 1 is 1.05 bits per heavy atom. The van der Waals surface area contributed by atoms with Crippen LogP contribution in [0, 0.1) is 5.41 Å². The highest BCUT2D eigenvalue weighted by atomic mass is 16.5. The van der Waals surface area contributed by atoms with Gasteiger partial charge in [0.05, 0.1) is 6.61 Å². The predicted molar refractivity (Wildman–Crippen MR) is 80.7 cm³/mol. The van der Waals surface area contributed by atoms with Gasteiger partial charge < -0.3 is 9.84 Å². The molecule has 2 heteroatoms. The van der Waals surface area contributed by atoms with E-state index in [4.69, 9.17) is 9.84 Å². The Kier molecular flexibility index (Phi) is 5.42. The Bertz CT molecular complexity index is 377. The molecule has 0 unspecified atom stereocenters. The molecule has 0 fully saturated rings. The molecule has 1 aromatic carbocycles. The molecule has 0 aliphatic rings. The molecule has 0 saturated heterocycles. The van der Waals surface area contributed by atoms with E-state index < -0.39 is 0 Å². The van der Waals surface area contributed by atoms with E-state index in [2.05, 4.69) is 46.8 Å². The smallest absolute Gasteiger partial charge is 0.119 e. The molecule has 1 N–H and O–H groups in total. The molecule has 0 radical (unpaired) electrons. The zero-order valence-corrected chi connectivity index (χ0v) is 13.0. The second kappa shape index (κ2) is 6.42. The maximum atomic E-state index is 8.74. The van der Waals surface area contributed by atoms with E-state index in [9.17, 15) is 0 Å². The van der Waals surface area contributed by atoms with Gasteiger partial charge in [-0.15, -0.1) is 0 Å². The molecule has 0 aliphatic heterocycles. The normalized spacial score (nSPS) is 12.5. The van der Waals surface area contributed by atoms with E-state index in [0.717, 1.165) is 12.2 Å². The lowest BCUT2D eigenvalue weighted by Crippen LogP contribution is -2.26. The first kappa shape index (κ1) is 16.0. The van der Waals surface area contributed by atoms with Gasteiger partial charge >= 0.3 is 0 Å². The van der Waals surface area contributed by atoms with Crippen LogP contribution < -0.4 is 4.74 Å². The van der Waals surface area contributed by atoms with Crippen LogP contribution in [0.3, 0.4) is 0 Å². The Balaban J connectivity index is 2.78. The van der Waals surface area contributed by atoms with Crippen molar-refractivity contribution in [3.05, 3.63) is 29.8 Å². The number of rotatable bonds is 7. The predicted octanol–water partition coefficient (Wildman–Crippen LogP) is 4.16. The van der Waals surface area contributed by atoms with E-state index in [1.807, 2.05) is 12.1 Å². The van der Waals surface area contributed by atoms with Gasteiger partial charge in [-0.2, -0.15) is 0 Å². The fourth-order valence-corrected chi connectivity index (χ4v) is 2.59. The highest BCUT2D eigenvalue weighted by Crippen LogP contribution is 2.38. The van der Waals surface area contributed by atoms with Gasteiger partial charge in [-0.1, -0.05) is 53.2 Å². The Hall–Kier alpha value is -1.02. The third kappa shape index (κ3) is 4.87.